The number of carbonyl (C=O) groups excluding carboxylic acids is 1. The van der Waals surface area contributed by atoms with Crippen molar-refractivity contribution in [1.82, 2.24) is 15.1 Å². The zero-order valence-corrected chi connectivity index (χ0v) is 16.6. The molecule has 2 aromatic rings. The van der Waals surface area contributed by atoms with Crippen LogP contribution in [0.15, 0.2) is 24.3 Å². The number of aromatic nitrogens is 2. The maximum absolute atomic E-state index is 12.3. The van der Waals surface area contributed by atoms with Gasteiger partial charge >= 0.3 is 0 Å². The minimum Gasteiger partial charge on any atom is -0.494 e. The van der Waals surface area contributed by atoms with E-state index in [4.69, 9.17) is 4.74 Å². The first-order valence-corrected chi connectivity index (χ1v) is 9.42. The van der Waals surface area contributed by atoms with E-state index in [0.29, 0.717) is 31.9 Å². The number of hydrogen-bond donors (Lipinski definition) is 1. The molecule has 5 heteroatoms. The second kappa shape index (κ2) is 9.41. The second-order valence-electron chi connectivity index (χ2n) is 7.04. The van der Waals surface area contributed by atoms with Gasteiger partial charge in [-0.05, 0) is 44.7 Å². The Hall–Kier alpha value is -2.30. The fourth-order valence-corrected chi connectivity index (χ4v) is 3.09. The van der Waals surface area contributed by atoms with Crippen molar-refractivity contribution >= 4 is 5.91 Å². The van der Waals surface area contributed by atoms with Crippen LogP contribution < -0.4 is 10.1 Å². The van der Waals surface area contributed by atoms with Crippen LogP contribution in [0, 0.1) is 19.8 Å². The highest BCUT2D eigenvalue weighted by atomic mass is 16.5. The molecule has 1 heterocycles. The van der Waals surface area contributed by atoms with E-state index in [1.54, 1.807) is 0 Å². The minimum atomic E-state index is 0.0479. The summed E-state index contributed by atoms with van der Waals surface area (Å²) in [5, 5.41) is 7.62. The van der Waals surface area contributed by atoms with Gasteiger partial charge in [-0.15, -0.1) is 0 Å². The molecule has 2 rings (SSSR count). The van der Waals surface area contributed by atoms with Gasteiger partial charge in [0.2, 0.25) is 5.91 Å². The van der Waals surface area contributed by atoms with Gasteiger partial charge in [0.05, 0.1) is 12.3 Å². The summed E-state index contributed by atoms with van der Waals surface area (Å²) < 4.78 is 7.66. The van der Waals surface area contributed by atoms with Crippen molar-refractivity contribution in [3.63, 3.8) is 0 Å². The number of rotatable bonds is 9. The number of ether oxygens (including phenoxy) is 1. The maximum atomic E-state index is 12.3. The van der Waals surface area contributed by atoms with Crippen molar-refractivity contribution in [2.75, 3.05) is 6.61 Å². The molecule has 1 aromatic heterocycles. The van der Waals surface area contributed by atoms with Crippen LogP contribution in [0.3, 0.4) is 0 Å². The highest BCUT2D eigenvalue weighted by molar-refractivity contribution is 5.76. The molecule has 0 aliphatic carbocycles. The summed E-state index contributed by atoms with van der Waals surface area (Å²) >= 11 is 0. The second-order valence-corrected chi connectivity index (χ2v) is 7.04. The maximum Gasteiger partial charge on any atom is 0.220 e. The van der Waals surface area contributed by atoms with Gasteiger partial charge < -0.3 is 10.1 Å². The average Bonchev–Trinajstić information content (AvgIpc) is 2.85. The lowest BCUT2D eigenvalue weighted by Crippen LogP contribution is -2.23. The average molecular weight is 357 g/mol. The first kappa shape index (κ1) is 20.0. The molecule has 0 spiro atoms. The zero-order chi connectivity index (χ0) is 19.1. The molecule has 0 fully saturated rings. The Labute approximate surface area is 156 Å². The van der Waals surface area contributed by atoms with E-state index in [1.165, 1.54) is 11.3 Å². The monoisotopic (exact) mass is 357 g/mol. The SMILES string of the molecule is CCOc1ccccc1CNC(=O)CCc1c(C)nn(CC(C)C)c1C. The van der Waals surface area contributed by atoms with Gasteiger partial charge in [0.1, 0.15) is 5.75 Å². The quantitative estimate of drug-likeness (QED) is 0.742. The predicted molar refractivity (Wildman–Crippen MR) is 104 cm³/mol. The molecule has 26 heavy (non-hydrogen) atoms. The molecule has 0 saturated carbocycles. The van der Waals surface area contributed by atoms with Crippen molar-refractivity contribution in [2.24, 2.45) is 5.92 Å². The number of carbonyl (C=O) groups is 1. The predicted octanol–water partition coefficient (Wildman–Crippen LogP) is 3.80. The van der Waals surface area contributed by atoms with Crippen molar-refractivity contribution in [2.45, 2.75) is 60.5 Å². The van der Waals surface area contributed by atoms with E-state index in [1.807, 2.05) is 38.1 Å². The van der Waals surface area contributed by atoms with E-state index in [0.717, 1.165) is 23.6 Å². The van der Waals surface area contributed by atoms with Gasteiger partial charge in [-0.25, -0.2) is 0 Å². The molecule has 1 amide bonds. The minimum absolute atomic E-state index is 0.0479. The van der Waals surface area contributed by atoms with Crippen LogP contribution >= 0.6 is 0 Å². The van der Waals surface area contributed by atoms with Crippen molar-refractivity contribution in [1.29, 1.82) is 0 Å². The van der Waals surface area contributed by atoms with Crippen LogP contribution in [-0.2, 0) is 24.3 Å². The molecular weight excluding hydrogens is 326 g/mol. The summed E-state index contributed by atoms with van der Waals surface area (Å²) in [4.78, 5) is 12.3. The Balaban J connectivity index is 1.91. The molecule has 1 aromatic carbocycles. The number of nitrogens with one attached hydrogen (secondary N) is 1. The van der Waals surface area contributed by atoms with Gasteiger partial charge in [0.25, 0.3) is 0 Å². The molecule has 5 nitrogen and oxygen atoms in total. The number of nitrogens with zero attached hydrogens (tertiary/aromatic N) is 2. The molecule has 0 bridgehead atoms. The summed E-state index contributed by atoms with van der Waals surface area (Å²) in [6.45, 7) is 12.5. The van der Waals surface area contributed by atoms with E-state index >= 15 is 0 Å². The fourth-order valence-electron chi connectivity index (χ4n) is 3.09. The first-order chi connectivity index (χ1) is 12.4. The third kappa shape index (κ3) is 5.35. The molecule has 0 radical (unpaired) electrons. The molecule has 0 aliphatic rings. The molecule has 0 atom stereocenters. The highest BCUT2D eigenvalue weighted by Gasteiger charge is 2.14. The van der Waals surface area contributed by atoms with Gasteiger partial charge in [-0.2, -0.15) is 5.10 Å². The summed E-state index contributed by atoms with van der Waals surface area (Å²) in [5.74, 6) is 1.43. The smallest absolute Gasteiger partial charge is 0.220 e. The lowest BCUT2D eigenvalue weighted by molar-refractivity contribution is -0.121. The fraction of sp³-hybridized carbons (Fsp3) is 0.524. The van der Waals surface area contributed by atoms with Crippen LogP contribution in [0.25, 0.3) is 0 Å². The third-order valence-electron chi connectivity index (χ3n) is 4.42. The van der Waals surface area contributed by atoms with Gasteiger partial charge in [0, 0.05) is 30.8 Å². The normalized spacial score (nSPS) is 11.0. The lowest BCUT2D eigenvalue weighted by Gasteiger charge is -2.11. The molecular formula is C21H31N3O2. The van der Waals surface area contributed by atoms with Crippen LogP contribution in [-0.4, -0.2) is 22.3 Å². The number of hydrogen-bond acceptors (Lipinski definition) is 3. The van der Waals surface area contributed by atoms with Gasteiger partial charge in [-0.1, -0.05) is 32.0 Å². The Morgan fingerprint density at radius 1 is 1.27 bits per heavy atom. The third-order valence-corrected chi connectivity index (χ3v) is 4.42. The largest absolute Gasteiger partial charge is 0.494 e. The number of aryl methyl sites for hydroxylation is 1. The Morgan fingerprint density at radius 3 is 2.69 bits per heavy atom. The molecule has 142 valence electrons. The van der Waals surface area contributed by atoms with Gasteiger partial charge in [-0.3, -0.25) is 9.48 Å². The summed E-state index contributed by atoms with van der Waals surface area (Å²) in [5.41, 5.74) is 4.39. The van der Waals surface area contributed by atoms with E-state index in [-0.39, 0.29) is 5.91 Å². The van der Waals surface area contributed by atoms with Crippen molar-refractivity contribution in [3.05, 3.63) is 46.8 Å². The first-order valence-electron chi connectivity index (χ1n) is 9.42. The van der Waals surface area contributed by atoms with E-state index in [9.17, 15) is 4.79 Å². The summed E-state index contributed by atoms with van der Waals surface area (Å²) in [6, 6.07) is 7.81. The van der Waals surface area contributed by atoms with Gasteiger partial charge in [0.15, 0.2) is 0 Å². The van der Waals surface area contributed by atoms with Crippen molar-refractivity contribution in [3.8, 4) is 5.75 Å². The van der Waals surface area contributed by atoms with Crippen LogP contribution in [0.1, 0.15) is 49.7 Å². The topological polar surface area (TPSA) is 56.1 Å². The molecule has 1 N–H and O–H groups in total. The van der Waals surface area contributed by atoms with E-state index < -0.39 is 0 Å². The standard InChI is InChI=1S/C21H31N3O2/c1-6-26-20-10-8-7-9-18(20)13-22-21(25)12-11-19-16(4)23-24(17(19)5)14-15(2)3/h7-10,15H,6,11-14H2,1-5H3,(H,22,25). The highest BCUT2D eigenvalue weighted by Crippen LogP contribution is 2.18. The molecule has 0 unspecified atom stereocenters. The Bertz CT molecular complexity index is 735. The summed E-state index contributed by atoms with van der Waals surface area (Å²) in [7, 11) is 0. The number of para-hydroxylation sites is 1. The molecule has 0 aliphatic heterocycles. The van der Waals surface area contributed by atoms with Crippen LogP contribution in [0.2, 0.25) is 0 Å². The Morgan fingerprint density at radius 2 is 2.00 bits per heavy atom. The van der Waals surface area contributed by atoms with Crippen LogP contribution in [0.5, 0.6) is 5.75 Å². The van der Waals surface area contributed by atoms with Crippen molar-refractivity contribution < 1.29 is 9.53 Å². The molecule has 0 saturated heterocycles. The Kier molecular flexibility index (Phi) is 7.25. The van der Waals surface area contributed by atoms with E-state index in [2.05, 4.69) is 35.9 Å². The number of amides is 1. The lowest BCUT2D eigenvalue weighted by atomic mass is 10.1. The zero-order valence-electron chi connectivity index (χ0n) is 16.6. The summed E-state index contributed by atoms with van der Waals surface area (Å²) in [6.07, 6.45) is 1.18. The number of benzene rings is 1. The van der Waals surface area contributed by atoms with Crippen LogP contribution in [0.4, 0.5) is 0 Å².